The van der Waals surface area contributed by atoms with Gasteiger partial charge in [0.15, 0.2) is 0 Å². The monoisotopic (exact) mass is 446 g/mol. The van der Waals surface area contributed by atoms with Crippen LogP contribution in [0.2, 0.25) is 0 Å². The zero-order valence-electron chi connectivity index (χ0n) is 18.0. The van der Waals surface area contributed by atoms with Gasteiger partial charge in [-0.1, -0.05) is 37.3 Å². The largest absolute Gasteiger partial charge is 0.474 e. The fourth-order valence-electron chi connectivity index (χ4n) is 2.88. The first-order chi connectivity index (χ1) is 14.0. The van der Waals surface area contributed by atoms with Crippen LogP contribution in [-0.4, -0.2) is 44.4 Å². The van der Waals surface area contributed by atoms with Gasteiger partial charge in [0, 0.05) is 5.75 Å². The minimum absolute atomic E-state index is 0.132. The molecule has 0 radical (unpaired) electrons. The van der Waals surface area contributed by atoms with Crippen LogP contribution in [0, 0.1) is 5.92 Å². The molecule has 1 aromatic rings. The number of hydrogen-bond acceptors (Lipinski definition) is 7. The van der Waals surface area contributed by atoms with E-state index in [9.17, 15) is 9.36 Å². The minimum atomic E-state index is -3.47. The Morgan fingerprint density at radius 2 is 1.66 bits per heavy atom. The van der Waals surface area contributed by atoms with Crippen LogP contribution in [0.5, 0.6) is 0 Å². The second kappa shape index (κ2) is 15.0. The molecule has 0 aromatic heterocycles. The van der Waals surface area contributed by atoms with Crippen molar-refractivity contribution in [2.45, 2.75) is 46.0 Å². The van der Waals surface area contributed by atoms with Gasteiger partial charge in [-0.25, -0.2) is 4.57 Å². The van der Waals surface area contributed by atoms with E-state index in [2.05, 4.69) is 19.1 Å². The fourth-order valence-corrected chi connectivity index (χ4v) is 4.76. The number of esters is 1. The predicted octanol–water partition coefficient (Wildman–Crippen LogP) is 5.68. The van der Waals surface area contributed by atoms with Crippen LogP contribution in [0.4, 0.5) is 0 Å². The van der Waals surface area contributed by atoms with E-state index in [1.165, 1.54) is 5.56 Å². The van der Waals surface area contributed by atoms with Crippen molar-refractivity contribution in [2.75, 3.05) is 38.4 Å². The number of benzene rings is 1. The Labute approximate surface area is 179 Å². The van der Waals surface area contributed by atoms with Gasteiger partial charge in [-0.3, -0.25) is 18.4 Å². The smallest absolute Gasteiger partial charge is 0.465 e. The van der Waals surface area contributed by atoms with Gasteiger partial charge in [0.05, 0.1) is 32.3 Å². The number of rotatable bonds is 16. The normalized spacial score (nSPS) is 13.8. The molecule has 2 atom stereocenters. The molecule has 0 saturated carbocycles. The van der Waals surface area contributed by atoms with Crippen LogP contribution >= 0.6 is 19.6 Å². The summed E-state index contributed by atoms with van der Waals surface area (Å²) < 4.78 is 33.1. The number of thioether (sulfide) groups is 1. The standard InChI is InChI=1S/C21H35O6PS/c1-5-25-28(23,26-6-2)27-15-11-10-14-24-21(22)20(17-29-4)16-18(3)19-12-8-7-9-13-19/h7-9,12-13,18,20H,5-6,10-11,14-17H2,1-4H3. The van der Waals surface area contributed by atoms with E-state index in [0.29, 0.717) is 25.4 Å². The highest BCUT2D eigenvalue weighted by molar-refractivity contribution is 7.98. The number of carbonyl (C=O) groups excluding carboxylic acids is 1. The van der Waals surface area contributed by atoms with Crippen LogP contribution in [0.3, 0.4) is 0 Å². The zero-order valence-corrected chi connectivity index (χ0v) is 19.7. The maximum absolute atomic E-state index is 12.5. The van der Waals surface area contributed by atoms with Gasteiger partial charge < -0.3 is 4.74 Å². The summed E-state index contributed by atoms with van der Waals surface area (Å²) in [5.74, 6) is 0.746. The number of carbonyl (C=O) groups is 1. The third kappa shape index (κ3) is 10.7. The molecule has 0 aliphatic rings. The van der Waals surface area contributed by atoms with Crippen molar-refractivity contribution >= 4 is 25.6 Å². The Morgan fingerprint density at radius 1 is 1.03 bits per heavy atom. The summed E-state index contributed by atoms with van der Waals surface area (Å²) in [5, 5.41) is 0. The van der Waals surface area contributed by atoms with Crippen molar-refractivity contribution in [1.29, 1.82) is 0 Å². The van der Waals surface area contributed by atoms with E-state index in [1.54, 1.807) is 25.6 Å². The molecule has 0 saturated heterocycles. The van der Waals surface area contributed by atoms with Gasteiger partial charge in [0.2, 0.25) is 0 Å². The van der Waals surface area contributed by atoms with E-state index in [1.807, 2.05) is 24.5 Å². The molecule has 166 valence electrons. The summed E-state index contributed by atoms with van der Waals surface area (Å²) in [5.41, 5.74) is 1.23. The van der Waals surface area contributed by atoms with Crippen LogP contribution in [0.25, 0.3) is 0 Å². The maximum atomic E-state index is 12.5. The summed E-state index contributed by atoms with van der Waals surface area (Å²) in [6.07, 6.45) is 3.99. The molecule has 0 aliphatic heterocycles. The molecule has 8 heteroatoms. The molecule has 0 aliphatic carbocycles. The Kier molecular flexibility index (Phi) is 13.6. The first-order valence-electron chi connectivity index (χ1n) is 10.2. The number of phosphoric ester groups is 1. The Hall–Kier alpha value is -0.850. The molecule has 0 heterocycles. The van der Waals surface area contributed by atoms with Crippen molar-refractivity contribution in [2.24, 2.45) is 5.92 Å². The summed E-state index contributed by atoms with van der Waals surface area (Å²) in [6.45, 7) is 6.67. The highest BCUT2D eigenvalue weighted by Gasteiger charge is 2.25. The lowest BCUT2D eigenvalue weighted by Crippen LogP contribution is -2.22. The summed E-state index contributed by atoms with van der Waals surface area (Å²) in [7, 11) is -3.47. The van der Waals surface area contributed by atoms with Crippen LogP contribution in [0.1, 0.15) is 51.5 Å². The van der Waals surface area contributed by atoms with Gasteiger partial charge in [-0.05, 0) is 50.8 Å². The molecule has 6 nitrogen and oxygen atoms in total. The highest BCUT2D eigenvalue weighted by atomic mass is 32.2. The molecule has 0 bridgehead atoms. The second-order valence-electron chi connectivity index (χ2n) is 6.69. The number of phosphoric acid groups is 1. The Bertz CT molecular complexity index is 602. The van der Waals surface area contributed by atoms with Gasteiger partial charge >= 0.3 is 13.8 Å². The molecule has 0 spiro atoms. The van der Waals surface area contributed by atoms with Crippen LogP contribution in [-0.2, 0) is 27.7 Å². The molecule has 2 unspecified atom stereocenters. The molecule has 1 aromatic carbocycles. The lowest BCUT2D eigenvalue weighted by atomic mass is 9.91. The summed E-state index contributed by atoms with van der Waals surface area (Å²) in [6, 6.07) is 10.2. The average Bonchev–Trinajstić information content (AvgIpc) is 2.71. The topological polar surface area (TPSA) is 71.1 Å². The van der Waals surface area contributed by atoms with E-state index in [-0.39, 0.29) is 31.7 Å². The molecular weight excluding hydrogens is 411 g/mol. The van der Waals surface area contributed by atoms with Crippen molar-refractivity contribution < 1.29 is 27.7 Å². The number of ether oxygens (including phenoxy) is 1. The number of hydrogen-bond donors (Lipinski definition) is 0. The highest BCUT2D eigenvalue weighted by Crippen LogP contribution is 2.49. The molecule has 0 amide bonds. The molecular formula is C21H35O6PS. The second-order valence-corrected chi connectivity index (χ2v) is 9.27. The van der Waals surface area contributed by atoms with Gasteiger partial charge in [0.25, 0.3) is 0 Å². The van der Waals surface area contributed by atoms with Crippen molar-refractivity contribution in [3.63, 3.8) is 0 Å². The first-order valence-corrected chi connectivity index (χ1v) is 13.0. The van der Waals surface area contributed by atoms with Crippen molar-refractivity contribution in [3.8, 4) is 0 Å². The lowest BCUT2D eigenvalue weighted by molar-refractivity contribution is -0.148. The minimum Gasteiger partial charge on any atom is -0.465 e. The van der Waals surface area contributed by atoms with Gasteiger partial charge in [-0.2, -0.15) is 11.8 Å². The van der Waals surface area contributed by atoms with Gasteiger partial charge in [-0.15, -0.1) is 0 Å². The van der Waals surface area contributed by atoms with Gasteiger partial charge in [0.1, 0.15) is 0 Å². The molecule has 0 N–H and O–H groups in total. The first kappa shape index (κ1) is 26.2. The predicted molar refractivity (Wildman–Crippen MR) is 118 cm³/mol. The molecule has 29 heavy (non-hydrogen) atoms. The van der Waals surface area contributed by atoms with E-state index < -0.39 is 7.82 Å². The van der Waals surface area contributed by atoms with Crippen LogP contribution < -0.4 is 0 Å². The summed E-state index contributed by atoms with van der Waals surface area (Å²) >= 11 is 1.65. The Morgan fingerprint density at radius 3 is 2.24 bits per heavy atom. The quantitative estimate of drug-likeness (QED) is 0.184. The average molecular weight is 447 g/mol. The fraction of sp³-hybridized carbons (Fsp3) is 0.667. The molecule has 0 fully saturated rings. The van der Waals surface area contributed by atoms with Crippen LogP contribution in [0.15, 0.2) is 30.3 Å². The molecule has 1 rings (SSSR count). The van der Waals surface area contributed by atoms with Crippen molar-refractivity contribution in [1.82, 2.24) is 0 Å². The van der Waals surface area contributed by atoms with E-state index in [0.717, 1.165) is 12.2 Å². The van der Waals surface area contributed by atoms with Crippen molar-refractivity contribution in [3.05, 3.63) is 35.9 Å². The summed E-state index contributed by atoms with van der Waals surface area (Å²) in [4.78, 5) is 12.5. The Balaban J connectivity index is 2.35. The maximum Gasteiger partial charge on any atom is 0.474 e. The number of unbranched alkanes of at least 4 members (excludes halogenated alkanes) is 1. The third-order valence-corrected chi connectivity index (χ3v) is 6.70. The van der Waals surface area contributed by atoms with E-state index in [4.69, 9.17) is 18.3 Å². The van der Waals surface area contributed by atoms with E-state index >= 15 is 0 Å². The third-order valence-electron chi connectivity index (χ3n) is 4.31. The lowest BCUT2D eigenvalue weighted by Gasteiger charge is -2.20. The SMILES string of the molecule is CCOP(=O)(OCC)OCCCCOC(=O)C(CSC)CC(C)c1ccccc1. The zero-order chi connectivity index (χ0) is 21.5.